The Morgan fingerprint density at radius 3 is 2.41 bits per heavy atom. The Labute approximate surface area is 163 Å². The van der Waals surface area contributed by atoms with Crippen LogP contribution in [0.15, 0.2) is 83.8 Å². The van der Waals surface area contributed by atoms with Gasteiger partial charge in [0.05, 0.1) is 0 Å². The molecule has 0 spiro atoms. The van der Waals surface area contributed by atoms with Gasteiger partial charge in [0, 0.05) is 16.4 Å². The van der Waals surface area contributed by atoms with Gasteiger partial charge in [-0.05, 0) is 41.5 Å². The Balaban J connectivity index is 1.55. The molecule has 0 saturated heterocycles. The largest absolute Gasteiger partial charge is 0.478 e. The van der Waals surface area contributed by atoms with Crippen LogP contribution in [0.3, 0.4) is 0 Å². The van der Waals surface area contributed by atoms with Crippen molar-refractivity contribution >= 4 is 17.7 Å². The summed E-state index contributed by atoms with van der Waals surface area (Å²) in [5, 5.41) is 9.53. The lowest BCUT2D eigenvalue weighted by Crippen LogP contribution is -2.18. The van der Waals surface area contributed by atoms with Gasteiger partial charge in [-0.1, -0.05) is 60.7 Å². The van der Waals surface area contributed by atoms with Crippen molar-refractivity contribution in [2.45, 2.75) is 23.3 Å². The summed E-state index contributed by atoms with van der Waals surface area (Å²) in [6.07, 6.45) is 0.0905. The summed E-state index contributed by atoms with van der Waals surface area (Å²) >= 11 is 1.91. The van der Waals surface area contributed by atoms with Crippen LogP contribution in [0.25, 0.3) is 0 Å². The lowest BCUT2D eigenvalue weighted by molar-refractivity contribution is -0.145. The van der Waals surface area contributed by atoms with Gasteiger partial charge in [0.25, 0.3) is 0 Å². The van der Waals surface area contributed by atoms with Crippen molar-refractivity contribution in [2.24, 2.45) is 0 Å². The first-order valence-electron chi connectivity index (χ1n) is 8.98. The van der Waals surface area contributed by atoms with Crippen molar-refractivity contribution in [1.82, 2.24) is 0 Å². The van der Waals surface area contributed by atoms with E-state index in [1.165, 1.54) is 16.0 Å². The van der Waals surface area contributed by atoms with Crippen LogP contribution in [0.5, 0.6) is 5.75 Å². The minimum atomic E-state index is -1.01. The highest BCUT2D eigenvalue weighted by Gasteiger charge is 2.23. The normalized spacial score (nSPS) is 17.0. The van der Waals surface area contributed by atoms with E-state index in [0.29, 0.717) is 17.2 Å². The second-order valence-electron chi connectivity index (χ2n) is 6.54. The van der Waals surface area contributed by atoms with E-state index in [1.807, 2.05) is 42.1 Å². The van der Waals surface area contributed by atoms with Crippen LogP contribution in [0.4, 0.5) is 0 Å². The molecule has 1 N–H and O–H groups in total. The van der Waals surface area contributed by atoms with Gasteiger partial charge in [0.2, 0.25) is 6.10 Å². The number of carboxylic acids is 1. The average molecular weight is 376 g/mol. The number of benzene rings is 3. The number of carboxylic acid groups (broad SMARTS) is 1. The zero-order chi connectivity index (χ0) is 18.6. The maximum Gasteiger partial charge on any atom is 0.349 e. The number of ether oxygens (including phenoxy) is 1. The van der Waals surface area contributed by atoms with Gasteiger partial charge >= 0.3 is 5.97 Å². The van der Waals surface area contributed by atoms with Crippen molar-refractivity contribution in [3.63, 3.8) is 0 Å². The third kappa shape index (κ3) is 3.86. The predicted octanol–water partition coefficient (Wildman–Crippen LogP) is 5.52. The Bertz CT molecular complexity index is 922. The smallest absolute Gasteiger partial charge is 0.349 e. The fraction of sp³-hybridized carbons (Fsp3) is 0.174. The van der Waals surface area contributed by atoms with Gasteiger partial charge in [-0.2, -0.15) is 0 Å². The van der Waals surface area contributed by atoms with E-state index in [4.69, 9.17) is 4.74 Å². The topological polar surface area (TPSA) is 46.5 Å². The molecule has 0 radical (unpaired) electrons. The highest BCUT2D eigenvalue weighted by Crippen LogP contribution is 2.41. The van der Waals surface area contributed by atoms with Gasteiger partial charge in [-0.25, -0.2) is 4.79 Å². The Kier molecular flexibility index (Phi) is 5.16. The van der Waals surface area contributed by atoms with Crippen molar-refractivity contribution in [3.8, 4) is 5.75 Å². The van der Waals surface area contributed by atoms with E-state index in [1.54, 1.807) is 12.1 Å². The fourth-order valence-corrected chi connectivity index (χ4v) is 4.62. The van der Waals surface area contributed by atoms with Gasteiger partial charge < -0.3 is 9.84 Å². The lowest BCUT2D eigenvalue weighted by atomic mass is 9.89. The van der Waals surface area contributed by atoms with E-state index < -0.39 is 12.1 Å². The molecule has 1 heterocycles. The molecule has 0 aliphatic carbocycles. The summed E-state index contributed by atoms with van der Waals surface area (Å²) in [6, 6.07) is 25.4. The zero-order valence-corrected chi connectivity index (χ0v) is 15.6. The molecule has 3 aromatic rings. The van der Waals surface area contributed by atoms with E-state index >= 15 is 0 Å². The average Bonchev–Trinajstić information content (AvgIpc) is 2.72. The third-order valence-electron chi connectivity index (χ3n) is 4.82. The molecule has 1 aliphatic rings. The molecular formula is C23H20O3S. The molecule has 27 heavy (non-hydrogen) atoms. The van der Waals surface area contributed by atoms with Gasteiger partial charge in [0.15, 0.2) is 0 Å². The van der Waals surface area contributed by atoms with Gasteiger partial charge in [-0.15, -0.1) is 11.8 Å². The number of hydrogen-bond acceptors (Lipinski definition) is 3. The number of hydrogen-bond donors (Lipinski definition) is 1. The van der Waals surface area contributed by atoms with Crippen LogP contribution >= 0.6 is 11.8 Å². The summed E-state index contributed by atoms with van der Waals surface area (Å²) in [6.45, 7) is 0. The van der Waals surface area contributed by atoms with Gasteiger partial charge in [-0.3, -0.25) is 0 Å². The molecule has 3 aromatic carbocycles. The number of aliphatic carboxylic acids is 1. The highest BCUT2D eigenvalue weighted by atomic mass is 32.2. The first kappa shape index (κ1) is 17.7. The minimum Gasteiger partial charge on any atom is -0.478 e. The van der Waals surface area contributed by atoms with E-state index in [9.17, 15) is 9.90 Å². The molecule has 1 aliphatic heterocycles. The number of rotatable bonds is 5. The van der Waals surface area contributed by atoms with Crippen molar-refractivity contribution < 1.29 is 14.6 Å². The van der Waals surface area contributed by atoms with E-state index in [-0.39, 0.29) is 0 Å². The standard InChI is InChI=1S/C23H20O3S/c24-23(25)22(17-6-2-1-3-7-17)26-18-12-10-16(11-13-18)19-14-15-27-21-9-5-4-8-20(19)21/h1-13,19,22H,14-15H2,(H,24,25). The molecule has 2 atom stereocenters. The van der Waals surface area contributed by atoms with E-state index in [2.05, 4.69) is 36.4 Å². The summed E-state index contributed by atoms with van der Waals surface area (Å²) in [4.78, 5) is 13.0. The molecule has 4 rings (SSSR count). The number of carbonyl (C=O) groups is 1. The minimum absolute atomic E-state index is 0.376. The molecule has 0 saturated carbocycles. The lowest BCUT2D eigenvalue weighted by Gasteiger charge is -2.25. The maximum absolute atomic E-state index is 11.6. The van der Waals surface area contributed by atoms with Crippen LogP contribution in [0.1, 0.15) is 35.1 Å². The Morgan fingerprint density at radius 2 is 1.67 bits per heavy atom. The molecule has 0 aromatic heterocycles. The quantitative estimate of drug-likeness (QED) is 0.637. The SMILES string of the molecule is O=C(O)C(Oc1ccc(C2CCSc3ccccc32)cc1)c1ccccc1. The number of thioether (sulfide) groups is 1. The van der Waals surface area contributed by atoms with Crippen molar-refractivity contribution in [2.75, 3.05) is 5.75 Å². The second-order valence-corrected chi connectivity index (χ2v) is 7.68. The highest BCUT2D eigenvalue weighted by molar-refractivity contribution is 7.99. The van der Waals surface area contributed by atoms with Crippen molar-refractivity contribution in [3.05, 3.63) is 95.6 Å². The second kappa shape index (κ2) is 7.89. The summed E-state index contributed by atoms with van der Waals surface area (Å²) < 4.78 is 5.77. The number of fused-ring (bicyclic) bond motifs is 1. The van der Waals surface area contributed by atoms with Crippen LogP contribution in [0, 0.1) is 0 Å². The van der Waals surface area contributed by atoms with Crippen LogP contribution in [0.2, 0.25) is 0 Å². The van der Waals surface area contributed by atoms with Gasteiger partial charge in [0.1, 0.15) is 5.75 Å². The first-order valence-corrected chi connectivity index (χ1v) is 9.97. The molecule has 0 bridgehead atoms. The Hall–Kier alpha value is -2.72. The monoisotopic (exact) mass is 376 g/mol. The molecule has 2 unspecified atom stereocenters. The molecule has 0 amide bonds. The summed E-state index contributed by atoms with van der Waals surface area (Å²) in [7, 11) is 0. The Morgan fingerprint density at radius 1 is 0.963 bits per heavy atom. The van der Waals surface area contributed by atoms with Crippen molar-refractivity contribution in [1.29, 1.82) is 0 Å². The molecule has 4 heteroatoms. The predicted molar refractivity (Wildman–Crippen MR) is 108 cm³/mol. The van der Waals surface area contributed by atoms with Crippen LogP contribution < -0.4 is 4.74 Å². The molecular weight excluding hydrogens is 356 g/mol. The fourth-order valence-electron chi connectivity index (χ4n) is 3.49. The molecule has 0 fully saturated rings. The third-order valence-corrected chi connectivity index (χ3v) is 5.94. The van der Waals surface area contributed by atoms with Crippen LogP contribution in [-0.2, 0) is 4.79 Å². The molecule has 136 valence electrons. The summed E-state index contributed by atoms with van der Waals surface area (Å²) in [5.41, 5.74) is 3.24. The first-order chi connectivity index (χ1) is 13.2. The van der Waals surface area contributed by atoms with E-state index in [0.717, 1.165) is 12.2 Å². The maximum atomic E-state index is 11.6. The van der Waals surface area contributed by atoms with Crippen LogP contribution in [-0.4, -0.2) is 16.8 Å². The zero-order valence-electron chi connectivity index (χ0n) is 14.7. The molecule has 3 nitrogen and oxygen atoms in total. The summed E-state index contributed by atoms with van der Waals surface area (Å²) in [5.74, 6) is 1.05.